The zero-order chi connectivity index (χ0) is 27.5. The highest BCUT2D eigenvalue weighted by atomic mass is 32.1. The number of carbonyl (C=O) groups is 1. The summed E-state index contributed by atoms with van der Waals surface area (Å²) >= 11 is 1.67. The molecular weight excluding hydrogens is 526 g/mol. The Balaban J connectivity index is 1.44. The maximum atomic E-state index is 13.2. The Morgan fingerprint density at radius 1 is 1.00 bits per heavy atom. The number of hydrogen-bond donors (Lipinski definition) is 2. The van der Waals surface area contributed by atoms with Crippen LogP contribution in [0.1, 0.15) is 6.42 Å². The summed E-state index contributed by atoms with van der Waals surface area (Å²) in [5.41, 5.74) is 3.08. The topological polar surface area (TPSA) is 93.0 Å². The third kappa shape index (κ3) is 5.21. The van der Waals surface area contributed by atoms with Gasteiger partial charge in [0.05, 0.1) is 30.9 Å². The van der Waals surface area contributed by atoms with Crippen molar-refractivity contribution >= 4 is 60.0 Å². The van der Waals surface area contributed by atoms with Crippen molar-refractivity contribution in [2.24, 2.45) is 0 Å². The van der Waals surface area contributed by atoms with Gasteiger partial charge in [-0.2, -0.15) is 0 Å². The Hall–Kier alpha value is -3.76. The summed E-state index contributed by atoms with van der Waals surface area (Å²) in [6, 6.07) is 19.5. The van der Waals surface area contributed by atoms with Crippen LogP contribution in [0, 0.1) is 0 Å². The molecule has 8 nitrogen and oxygen atoms in total. The van der Waals surface area contributed by atoms with Crippen LogP contribution in [0.3, 0.4) is 0 Å². The molecule has 1 saturated heterocycles. The normalized spacial score (nSPS) is 13.9. The lowest BCUT2D eigenvalue weighted by atomic mass is 9.99. The molecule has 3 heterocycles. The number of methoxy groups -OCH3 is 1. The Bertz CT molecular complexity index is 1740. The number of rotatable bonds is 9. The van der Waals surface area contributed by atoms with Crippen molar-refractivity contribution in [3.63, 3.8) is 0 Å². The third-order valence-electron chi connectivity index (χ3n) is 7.17. The lowest BCUT2D eigenvalue weighted by molar-refractivity contribution is -0.116. The van der Waals surface area contributed by atoms with Gasteiger partial charge in [-0.05, 0) is 18.2 Å². The first-order chi connectivity index (χ1) is 19.6. The number of thiophene rings is 1. The number of hydrogen-bond acceptors (Lipinski definition) is 8. The number of morpholine rings is 1. The van der Waals surface area contributed by atoms with Gasteiger partial charge in [0.1, 0.15) is 5.58 Å². The highest BCUT2D eigenvalue weighted by Crippen LogP contribution is 2.45. The van der Waals surface area contributed by atoms with E-state index in [-0.39, 0.29) is 11.3 Å². The molecule has 0 saturated carbocycles. The number of ether oxygens (including phenoxy) is 2. The second-order valence-electron chi connectivity index (χ2n) is 9.73. The van der Waals surface area contributed by atoms with Gasteiger partial charge in [-0.3, -0.25) is 9.59 Å². The molecule has 1 aliphatic rings. The van der Waals surface area contributed by atoms with Crippen molar-refractivity contribution in [1.29, 1.82) is 0 Å². The summed E-state index contributed by atoms with van der Waals surface area (Å²) in [5.74, 6) is 0.504. The molecule has 6 rings (SSSR count). The van der Waals surface area contributed by atoms with Gasteiger partial charge in [-0.15, -0.1) is 11.3 Å². The smallest absolute Gasteiger partial charge is 0.225 e. The lowest BCUT2D eigenvalue weighted by Gasteiger charge is -2.27. The summed E-state index contributed by atoms with van der Waals surface area (Å²) in [7, 11) is 1.66. The molecular formula is C31H31N3O5S. The maximum absolute atomic E-state index is 13.2. The molecule has 0 bridgehead atoms. The average molecular weight is 558 g/mol. The van der Waals surface area contributed by atoms with Crippen molar-refractivity contribution < 1.29 is 18.7 Å². The predicted molar refractivity (Wildman–Crippen MR) is 162 cm³/mol. The average Bonchev–Trinajstić information content (AvgIpc) is 3.38. The molecule has 2 N–H and O–H groups in total. The standard InChI is InChI=1S/C31H31N3O5S/c1-37-16-13-32-12-11-27(36)33-24-10-9-21(31-29(24)23-5-2-3-8-26(23)40-31)20-6-4-7-22-25(35)19-28(39-30(20)22)34-14-17-38-18-15-34/h2-10,19,32H,11-18H2,1H3,(H,33,36). The summed E-state index contributed by atoms with van der Waals surface area (Å²) in [5, 5.41) is 8.96. The molecule has 0 radical (unpaired) electrons. The van der Waals surface area contributed by atoms with E-state index in [1.807, 2.05) is 42.5 Å². The SMILES string of the molecule is COCCNCCC(=O)Nc1ccc(-c2cccc3c(=O)cc(N4CCOCC4)oc23)c2sc3ccccc3c12. The highest BCUT2D eigenvalue weighted by molar-refractivity contribution is 7.26. The molecule has 1 aliphatic heterocycles. The van der Waals surface area contributed by atoms with Crippen LogP contribution in [0.2, 0.25) is 0 Å². The highest BCUT2D eigenvalue weighted by Gasteiger charge is 2.20. The van der Waals surface area contributed by atoms with E-state index in [0.29, 0.717) is 69.3 Å². The van der Waals surface area contributed by atoms with Gasteiger partial charge in [-0.1, -0.05) is 36.4 Å². The first kappa shape index (κ1) is 26.5. The number of anilines is 2. The molecule has 0 unspecified atom stereocenters. The molecule has 1 fully saturated rings. The van der Waals surface area contributed by atoms with E-state index in [1.54, 1.807) is 24.5 Å². The number of nitrogens with zero attached hydrogens (tertiary/aromatic N) is 1. The number of fused-ring (bicyclic) bond motifs is 4. The fourth-order valence-corrected chi connectivity index (χ4v) is 6.43. The summed E-state index contributed by atoms with van der Waals surface area (Å²) in [6.45, 7) is 4.42. The Kier molecular flexibility index (Phi) is 7.79. The van der Waals surface area contributed by atoms with Crippen molar-refractivity contribution in [3.05, 3.63) is 70.9 Å². The molecule has 0 aliphatic carbocycles. The van der Waals surface area contributed by atoms with E-state index in [9.17, 15) is 9.59 Å². The largest absolute Gasteiger partial charge is 0.440 e. The molecule has 5 aromatic rings. The second kappa shape index (κ2) is 11.8. The number of amides is 1. The Labute approximate surface area is 235 Å². The maximum Gasteiger partial charge on any atom is 0.225 e. The zero-order valence-electron chi connectivity index (χ0n) is 22.3. The predicted octanol–water partition coefficient (Wildman–Crippen LogP) is 5.23. The number of nitrogens with one attached hydrogen (secondary N) is 2. The Morgan fingerprint density at radius 2 is 1.82 bits per heavy atom. The van der Waals surface area contributed by atoms with Crippen LogP contribution in [0.15, 0.2) is 69.9 Å². The van der Waals surface area contributed by atoms with Crippen molar-refractivity contribution in [1.82, 2.24) is 5.32 Å². The van der Waals surface area contributed by atoms with Crippen molar-refractivity contribution in [2.75, 3.05) is 63.3 Å². The van der Waals surface area contributed by atoms with Gasteiger partial charge in [0.15, 0.2) is 11.3 Å². The van der Waals surface area contributed by atoms with Crippen LogP contribution < -0.4 is 21.0 Å². The molecule has 1 amide bonds. The number of carbonyl (C=O) groups excluding carboxylic acids is 1. The Morgan fingerprint density at radius 3 is 2.67 bits per heavy atom. The first-order valence-electron chi connectivity index (χ1n) is 13.5. The fraction of sp³-hybridized carbons (Fsp3) is 0.290. The molecule has 3 aromatic carbocycles. The van der Waals surface area contributed by atoms with Crippen LogP contribution in [0.25, 0.3) is 42.3 Å². The number of benzene rings is 3. The molecule has 0 spiro atoms. The minimum absolute atomic E-state index is 0.0550. The monoisotopic (exact) mass is 557 g/mol. The molecule has 0 atom stereocenters. The lowest BCUT2D eigenvalue weighted by Crippen LogP contribution is -2.36. The molecule has 206 valence electrons. The first-order valence-corrected chi connectivity index (χ1v) is 14.3. The number of para-hydroxylation sites is 1. The summed E-state index contributed by atoms with van der Waals surface area (Å²) < 4.78 is 19.1. The zero-order valence-corrected chi connectivity index (χ0v) is 23.1. The van der Waals surface area contributed by atoms with Gasteiger partial charge in [0.2, 0.25) is 5.91 Å². The summed E-state index contributed by atoms with van der Waals surface area (Å²) in [6.07, 6.45) is 0.355. The van der Waals surface area contributed by atoms with E-state index >= 15 is 0 Å². The van der Waals surface area contributed by atoms with Gasteiger partial charge in [-0.25, -0.2) is 0 Å². The van der Waals surface area contributed by atoms with Gasteiger partial charge in [0, 0.05) is 77.1 Å². The van der Waals surface area contributed by atoms with Crippen LogP contribution in [0.5, 0.6) is 0 Å². The van der Waals surface area contributed by atoms with Crippen molar-refractivity contribution in [3.8, 4) is 11.1 Å². The molecule has 9 heteroatoms. The van der Waals surface area contributed by atoms with Gasteiger partial charge in [0.25, 0.3) is 0 Å². The third-order valence-corrected chi connectivity index (χ3v) is 8.37. The second-order valence-corrected chi connectivity index (χ2v) is 10.8. The minimum Gasteiger partial charge on any atom is -0.440 e. The van der Waals surface area contributed by atoms with E-state index in [2.05, 4.69) is 27.7 Å². The molecule has 2 aromatic heterocycles. The van der Waals surface area contributed by atoms with Gasteiger partial charge < -0.3 is 29.4 Å². The van der Waals surface area contributed by atoms with Crippen LogP contribution in [0.4, 0.5) is 11.6 Å². The van der Waals surface area contributed by atoms with Crippen LogP contribution in [-0.2, 0) is 14.3 Å². The quantitative estimate of drug-likeness (QED) is 0.240. The van der Waals surface area contributed by atoms with Crippen LogP contribution in [-0.4, -0.2) is 59.0 Å². The van der Waals surface area contributed by atoms with Gasteiger partial charge >= 0.3 is 0 Å². The van der Waals surface area contributed by atoms with Crippen LogP contribution >= 0.6 is 11.3 Å². The molecule has 40 heavy (non-hydrogen) atoms. The summed E-state index contributed by atoms with van der Waals surface area (Å²) in [4.78, 5) is 28.1. The minimum atomic E-state index is -0.0693. The fourth-order valence-electron chi connectivity index (χ4n) is 5.17. The van der Waals surface area contributed by atoms with E-state index in [1.165, 1.54) is 0 Å². The van der Waals surface area contributed by atoms with Crippen molar-refractivity contribution in [2.45, 2.75) is 6.42 Å². The van der Waals surface area contributed by atoms with E-state index in [4.69, 9.17) is 13.9 Å². The van der Waals surface area contributed by atoms with E-state index in [0.717, 1.165) is 37.0 Å². The van der Waals surface area contributed by atoms with E-state index < -0.39 is 0 Å².